The zero-order chi connectivity index (χ0) is 21.7. The van der Waals surface area contributed by atoms with E-state index in [-0.39, 0.29) is 5.91 Å². The number of hydrazone groups is 1. The predicted octanol–water partition coefficient (Wildman–Crippen LogP) is 4.00. The minimum absolute atomic E-state index is 0.349. The second kappa shape index (κ2) is 9.41. The van der Waals surface area contributed by atoms with Gasteiger partial charge in [-0.25, -0.2) is 10.4 Å². The second-order valence-electron chi connectivity index (χ2n) is 6.79. The number of nitrogens with one attached hydrogen (secondary N) is 1. The van der Waals surface area contributed by atoms with Crippen molar-refractivity contribution in [2.45, 2.75) is 27.4 Å². The molecule has 8 heteroatoms. The maximum absolute atomic E-state index is 12.2. The normalized spacial score (nSPS) is 10.9. The van der Waals surface area contributed by atoms with Gasteiger partial charge in [0.25, 0.3) is 5.91 Å². The summed E-state index contributed by atoms with van der Waals surface area (Å²) in [5, 5.41) is 4.36. The Kier molecular flexibility index (Phi) is 6.68. The van der Waals surface area contributed by atoms with Gasteiger partial charge in [-0.2, -0.15) is 5.10 Å². The molecule has 7 nitrogen and oxygen atoms in total. The highest BCUT2D eigenvalue weighted by Crippen LogP contribution is 2.29. The van der Waals surface area contributed by atoms with Crippen LogP contribution < -0.4 is 20.6 Å². The van der Waals surface area contributed by atoms with E-state index in [0.29, 0.717) is 33.8 Å². The number of aromatic nitrogens is 1. The Morgan fingerprint density at radius 1 is 1.20 bits per heavy atom. The van der Waals surface area contributed by atoms with Crippen molar-refractivity contribution in [3.05, 3.63) is 69.2 Å². The number of benzene rings is 2. The fourth-order valence-corrected chi connectivity index (χ4v) is 3.56. The first-order valence-electron chi connectivity index (χ1n) is 9.30. The summed E-state index contributed by atoms with van der Waals surface area (Å²) in [6.45, 7) is 6.30. The fourth-order valence-electron chi connectivity index (χ4n) is 2.84. The van der Waals surface area contributed by atoms with Gasteiger partial charge in [0.1, 0.15) is 11.5 Å². The van der Waals surface area contributed by atoms with E-state index in [1.807, 2.05) is 12.1 Å². The molecule has 0 saturated heterocycles. The number of methoxy groups -OCH3 is 1. The summed E-state index contributed by atoms with van der Waals surface area (Å²) in [4.78, 5) is 16.6. The number of nitrogens with zero attached hydrogens (tertiary/aromatic N) is 2. The number of carbonyl (C=O) groups is 1. The van der Waals surface area contributed by atoms with Crippen molar-refractivity contribution < 1.29 is 14.3 Å². The highest BCUT2D eigenvalue weighted by molar-refractivity contribution is 7.17. The number of rotatable bonds is 7. The van der Waals surface area contributed by atoms with Crippen molar-refractivity contribution in [3.8, 4) is 11.5 Å². The van der Waals surface area contributed by atoms with E-state index in [0.717, 1.165) is 22.5 Å². The molecule has 0 radical (unpaired) electrons. The zero-order valence-corrected chi connectivity index (χ0v) is 18.2. The summed E-state index contributed by atoms with van der Waals surface area (Å²) in [7, 11) is 1.58. The van der Waals surface area contributed by atoms with Crippen LogP contribution in [0.3, 0.4) is 0 Å². The molecule has 0 unspecified atom stereocenters. The number of nitrogens with two attached hydrogens (primary N) is 1. The SMILES string of the molecule is COc1cc(/C=N\NC(=O)c2sc(N)nc2C)ccc1OCc1cc(C)ccc1C. The standard InChI is InChI=1S/C22H24N4O3S/c1-13-5-6-14(2)17(9-13)12-29-18-8-7-16(10-19(18)28-4)11-24-26-21(27)20-15(3)25-22(23)30-20/h5-11H,12H2,1-4H3,(H2,23,25)(H,26,27)/b24-11-. The summed E-state index contributed by atoms with van der Waals surface area (Å²) >= 11 is 1.13. The van der Waals surface area contributed by atoms with Gasteiger partial charge in [0.05, 0.1) is 19.0 Å². The molecule has 3 N–H and O–H groups in total. The van der Waals surface area contributed by atoms with E-state index >= 15 is 0 Å². The Morgan fingerprint density at radius 2 is 2.00 bits per heavy atom. The fraction of sp³-hybridized carbons (Fsp3) is 0.227. The Labute approximate surface area is 179 Å². The molecule has 0 saturated carbocycles. The number of hydrogen-bond acceptors (Lipinski definition) is 7. The second-order valence-corrected chi connectivity index (χ2v) is 7.83. The molecule has 1 amide bonds. The number of ether oxygens (including phenoxy) is 2. The lowest BCUT2D eigenvalue weighted by atomic mass is 10.1. The molecular weight excluding hydrogens is 400 g/mol. The molecular formula is C22H24N4O3S. The van der Waals surface area contributed by atoms with Crippen LogP contribution in [0.5, 0.6) is 11.5 Å². The number of aryl methyl sites for hydroxylation is 3. The molecule has 0 fully saturated rings. The van der Waals surface area contributed by atoms with E-state index in [2.05, 4.69) is 47.6 Å². The van der Waals surface area contributed by atoms with Gasteiger partial charge in [0.2, 0.25) is 0 Å². The number of amides is 1. The summed E-state index contributed by atoms with van der Waals surface area (Å²) in [6, 6.07) is 11.7. The van der Waals surface area contributed by atoms with Crippen molar-refractivity contribution in [3.63, 3.8) is 0 Å². The summed E-state index contributed by atoms with van der Waals surface area (Å²) in [5.41, 5.74) is 12.9. The van der Waals surface area contributed by atoms with Crippen molar-refractivity contribution in [1.82, 2.24) is 10.4 Å². The third-order valence-corrected chi connectivity index (χ3v) is 5.46. The average molecular weight is 425 g/mol. The number of anilines is 1. The van der Waals surface area contributed by atoms with Crippen LogP contribution in [-0.2, 0) is 6.61 Å². The zero-order valence-electron chi connectivity index (χ0n) is 17.4. The maximum Gasteiger partial charge on any atom is 0.283 e. The van der Waals surface area contributed by atoms with E-state index in [4.69, 9.17) is 15.2 Å². The predicted molar refractivity (Wildman–Crippen MR) is 120 cm³/mol. The van der Waals surface area contributed by atoms with Crippen LogP contribution in [-0.4, -0.2) is 24.2 Å². The van der Waals surface area contributed by atoms with Gasteiger partial charge < -0.3 is 15.2 Å². The number of carbonyl (C=O) groups excluding carboxylic acids is 1. The van der Waals surface area contributed by atoms with Gasteiger partial charge in [0.15, 0.2) is 16.6 Å². The molecule has 30 heavy (non-hydrogen) atoms. The number of thiazole rings is 1. The van der Waals surface area contributed by atoms with Crippen LogP contribution in [0, 0.1) is 20.8 Å². The minimum atomic E-state index is -0.349. The lowest BCUT2D eigenvalue weighted by Gasteiger charge is -2.13. The Balaban J connectivity index is 1.66. The molecule has 156 valence electrons. The lowest BCUT2D eigenvalue weighted by molar-refractivity contribution is 0.0958. The summed E-state index contributed by atoms with van der Waals surface area (Å²) in [5.74, 6) is 0.871. The van der Waals surface area contributed by atoms with Crippen LogP contribution >= 0.6 is 11.3 Å². The van der Waals surface area contributed by atoms with Gasteiger partial charge >= 0.3 is 0 Å². The van der Waals surface area contributed by atoms with E-state index in [1.54, 1.807) is 20.1 Å². The molecule has 0 aliphatic heterocycles. The van der Waals surface area contributed by atoms with E-state index < -0.39 is 0 Å². The highest BCUT2D eigenvalue weighted by atomic mass is 32.1. The van der Waals surface area contributed by atoms with Crippen molar-refractivity contribution in [2.75, 3.05) is 12.8 Å². The summed E-state index contributed by atoms with van der Waals surface area (Å²) < 4.78 is 11.4. The van der Waals surface area contributed by atoms with Crippen LogP contribution in [0.15, 0.2) is 41.5 Å². The Hall–Kier alpha value is -3.39. The molecule has 0 aliphatic rings. The van der Waals surface area contributed by atoms with Crippen LogP contribution in [0.4, 0.5) is 5.13 Å². The third-order valence-electron chi connectivity index (χ3n) is 4.47. The van der Waals surface area contributed by atoms with Gasteiger partial charge in [-0.3, -0.25) is 4.79 Å². The largest absolute Gasteiger partial charge is 0.493 e. The van der Waals surface area contributed by atoms with Gasteiger partial charge in [0, 0.05) is 0 Å². The first-order valence-corrected chi connectivity index (χ1v) is 10.1. The monoisotopic (exact) mass is 424 g/mol. The van der Waals surface area contributed by atoms with Crippen LogP contribution in [0.1, 0.15) is 37.6 Å². The molecule has 1 aromatic heterocycles. The first-order chi connectivity index (χ1) is 14.4. The average Bonchev–Trinajstić information content (AvgIpc) is 3.07. The van der Waals surface area contributed by atoms with E-state index in [1.165, 1.54) is 17.3 Å². The van der Waals surface area contributed by atoms with Crippen LogP contribution in [0.2, 0.25) is 0 Å². The Morgan fingerprint density at radius 3 is 2.70 bits per heavy atom. The quantitative estimate of drug-likeness (QED) is 0.441. The molecule has 2 aromatic carbocycles. The highest BCUT2D eigenvalue weighted by Gasteiger charge is 2.13. The van der Waals surface area contributed by atoms with E-state index in [9.17, 15) is 4.79 Å². The van der Waals surface area contributed by atoms with Gasteiger partial charge in [-0.1, -0.05) is 35.1 Å². The third kappa shape index (κ3) is 5.15. The topological polar surface area (TPSA) is 98.8 Å². The molecule has 1 heterocycles. The molecule has 0 atom stereocenters. The minimum Gasteiger partial charge on any atom is -0.493 e. The maximum atomic E-state index is 12.2. The smallest absolute Gasteiger partial charge is 0.283 e. The molecule has 0 aliphatic carbocycles. The van der Waals surface area contributed by atoms with Gasteiger partial charge in [-0.15, -0.1) is 0 Å². The van der Waals surface area contributed by atoms with Crippen molar-refractivity contribution in [1.29, 1.82) is 0 Å². The van der Waals surface area contributed by atoms with Crippen molar-refractivity contribution in [2.24, 2.45) is 5.10 Å². The lowest BCUT2D eigenvalue weighted by Crippen LogP contribution is -2.17. The summed E-state index contributed by atoms with van der Waals surface area (Å²) in [6.07, 6.45) is 1.54. The molecule has 0 bridgehead atoms. The number of hydrogen-bond donors (Lipinski definition) is 2. The molecule has 0 spiro atoms. The Bertz CT molecular complexity index is 1090. The van der Waals surface area contributed by atoms with Crippen LogP contribution in [0.25, 0.3) is 0 Å². The molecule has 3 aromatic rings. The van der Waals surface area contributed by atoms with Gasteiger partial charge in [-0.05, 0) is 55.7 Å². The number of nitrogen functional groups attached to an aromatic ring is 1. The molecule has 3 rings (SSSR count). The van der Waals surface area contributed by atoms with Crippen molar-refractivity contribution >= 4 is 28.6 Å². The first kappa shape index (κ1) is 21.3.